The van der Waals surface area contributed by atoms with Crippen LogP contribution in [0.4, 0.5) is 11.6 Å². The summed E-state index contributed by atoms with van der Waals surface area (Å²) in [5, 5.41) is 8.59. The second-order valence-electron chi connectivity index (χ2n) is 11.2. The summed E-state index contributed by atoms with van der Waals surface area (Å²) in [4.78, 5) is 27.6. The normalized spacial score (nSPS) is 17.5. The number of nitrogens with zero attached hydrogens (tertiary/aromatic N) is 6. The van der Waals surface area contributed by atoms with Crippen molar-refractivity contribution in [1.29, 1.82) is 0 Å². The van der Waals surface area contributed by atoms with Crippen LogP contribution < -0.4 is 10.9 Å². The van der Waals surface area contributed by atoms with Gasteiger partial charge in [0, 0.05) is 65.8 Å². The molecule has 0 radical (unpaired) electrons. The molecule has 1 saturated heterocycles. The highest BCUT2D eigenvalue weighted by Gasteiger charge is 2.20. The van der Waals surface area contributed by atoms with Crippen molar-refractivity contribution in [3.8, 4) is 11.8 Å². The first-order valence-electron chi connectivity index (χ1n) is 14.1. The van der Waals surface area contributed by atoms with Gasteiger partial charge < -0.3 is 19.6 Å². The van der Waals surface area contributed by atoms with E-state index < -0.39 is 0 Å². The van der Waals surface area contributed by atoms with Crippen molar-refractivity contribution in [2.45, 2.75) is 31.1 Å². The number of nitrogens with one attached hydrogen (secondary N) is 1. The molecule has 0 bridgehead atoms. The van der Waals surface area contributed by atoms with Crippen molar-refractivity contribution in [3.63, 3.8) is 0 Å². The zero-order valence-electron chi connectivity index (χ0n) is 23.8. The minimum Gasteiger partial charge on any atom is -0.361 e. The number of pyridine rings is 1. The maximum Gasteiger partial charge on any atom is 0.268 e. The fraction of sp³-hybridized carbons (Fsp3) is 0.419. The quantitative estimate of drug-likeness (QED) is 0.314. The Kier molecular flexibility index (Phi) is 8.10. The molecule has 4 heterocycles. The van der Waals surface area contributed by atoms with E-state index in [0.29, 0.717) is 41.3 Å². The number of benzene rings is 1. The molecule has 0 amide bonds. The van der Waals surface area contributed by atoms with Gasteiger partial charge in [-0.25, -0.2) is 4.98 Å². The Morgan fingerprint density at radius 2 is 2.02 bits per heavy atom. The molecular formula is C31H35N7O2S. The van der Waals surface area contributed by atoms with Crippen LogP contribution in [-0.4, -0.2) is 76.0 Å². The smallest absolute Gasteiger partial charge is 0.268 e. The third kappa shape index (κ3) is 6.64. The van der Waals surface area contributed by atoms with E-state index in [2.05, 4.69) is 68.4 Å². The molecule has 6 rings (SSSR count). The number of fused-ring (bicyclic) bond motifs is 1. The van der Waals surface area contributed by atoms with Crippen LogP contribution in [0.25, 0.3) is 11.0 Å². The van der Waals surface area contributed by atoms with Crippen LogP contribution in [0.1, 0.15) is 40.5 Å². The van der Waals surface area contributed by atoms with Crippen molar-refractivity contribution >= 4 is 34.4 Å². The second-order valence-corrected chi connectivity index (χ2v) is 12.5. The van der Waals surface area contributed by atoms with Gasteiger partial charge in [-0.3, -0.25) is 9.36 Å². The van der Waals surface area contributed by atoms with Gasteiger partial charge in [0.2, 0.25) is 5.95 Å². The molecule has 3 aromatic heterocycles. The molecule has 1 aliphatic heterocycles. The van der Waals surface area contributed by atoms with Crippen LogP contribution in [0.2, 0.25) is 0 Å². The number of likely N-dealkylation sites (N-methyl/N-ethyl adjacent to an activating group) is 2. The molecular weight excluding hydrogens is 534 g/mol. The molecule has 2 fully saturated rings. The zero-order chi connectivity index (χ0) is 28.3. The van der Waals surface area contributed by atoms with Gasteiger partial charge in [-0.1, -0.05) is 29.1 Å². The van der Waals surface area contributed by atoms with Crippen LogP contribution >= 0.6 is 11.8 Å². The first-order valence-corrected chi connectivity index (χ1v) is 15.1. The topological polar surface area (TPSA) is 92.3 Å². The second kappa shape index (κ2) is 12.1. The molecule has 1 unspecified atom stereocenters. The zero-order valence-corrected chi connectivity index (χ0v) is 24.6. The number of rotatable bonds is 8. The molecule has 41 heavy (non-hydrogen) atoms. The van der Waals surface area contributed by atoms with Gasteiger partial charge in [0.1, 0.15) is 11.4 Å². The molecule has 4 aromatic rings. The van der Waals surface area contributed by atoms with Crippen LogP contribution in [0.3, 0.4) is 0 Å². The van der Waals surface area contributed by atoms with Crippen LogP contribution in [0.5, 0.6) is 0 Å². The van der Waals surface area contributed by atoms with E-state index in [1.54, 1.807) is 17.0 Å². The first kappa shape index (κ1) is 27.5. The lowest BCUT2D eigenvalue weighted by atomic mass is 10.1. The predicted molar refractivity (Wildman–Crippen MR) is 164 cm³/mol. The lowest BCUT2D eigenvalue weighted by molar-refractivity contribution is 0.347. The van der Waals surface area contributed by atoms with E-state index >= 15 is 0 Å². The largest absolute Gasteiger partial charge is 0.361 e. The van der Waals surface area contributed by atoms with Gasteiger partial charge in [-0.2, -0.15) is 16.7 Å². The van der Waals surface area contributed by atoms with Crippen molar-refractivity contribution in [3.05, 3.63) is 75.5 Å². The summed E-state index contributed by atoms with van der Waals surface area (Å²) < 4.78 is 7.22. The minimum atomic E-state index is -0.172. The average molecular weight is 570 g/mol. The molecule has 1 atom stereocenters. The number of anilines is 2. The lowest BCUT2D eigenvalue weighted by Crippen LogP contribution is -2.30. The van der Waals surface area contributed by atoms with Gasteiger partial charge in [0.25, 0.3) is 5.56 Å². The maximum absolute atomic E-state index is 13.7. The number of aromatic nitrogens is 4. The number of hydrogen-bond acceptors (Lipinski definition) is 9. The Bertz CT molecular complexity index is 1650. The van der Waals surface area contributed by atoms with Crippen molar-refractivity contribution in [1.82, 2.24) is 29.5 Å². The summed E-state index contributed by atoms with van der Waals surface area (Å²) in [5.41, 5.74) is 3.91. The number of hydrogen-bond donors (Lipinski definition) is 1. The molecule has 2 aliphatic rings. The molecule has 1 saturated carbocycles. The molecule has 1 N–H and O–H groups in total. The molecule has 9 nitrogen and oxygen atoms in total. The monoisotopic (exact) mass is 569 g/mol. The van der Waals surface area contributed by atoms with Crippen LogP contribution in [-0.2, 0) is 13.0 Å². The summed E-state index contributed by atoms with van der Waals surface area (Å²) in [5.74, 6) is 9.09. The highest BCUT2D eigenvalue weighted by Crippen LogP contribution is 2.33. The van der Waals surface area contributed by atoms with E-state index in [9.17, 15) is 4.79 Å². The van der Waals surface area contributed by atoms with E-state index in [0.717, 1.165) is 60.6 Å². The molecule has 212 valence electrons. The standard InChI is InChI=1S/C31H35N7O2S/c1-36(2)13-12-27-25(18-33-40-27)19-38-29-24(16-23(30(38)39)7-6-21-4-5-21)17-32-31(35-29)34-26-10-8-22(9-11-26)28-20-37(3)14-15-41-28/h8-11,16-18,21,28H,4-5,12-15,19-20H2,1-3H3,(H,32,34,35). The maximum atomic E-state index is 13.7. The molecule has 1 aromatic carbocycles. The summed E-state index contributed by atoms with van der Waals surface area (Å²) >= 11 is 2.01. The van der Waals surface area contributed by atoms with Gasteiger partial charge >= 0.3 is 0 Å². The Morgan fingerprint density at radius 1 is 1.20 bits per heavy atom. The van der Waals surface area contributed by atoms with Gasteiger partial charge in [-0.05, 0) is 57.7 Å². The molecule has 10 heteroatoms. The fourth-order valence-corrected chi connectivity index (χ4v) is 6.28. The molecule has 0 spiro atoms. The van der Waals surface area contributed by atoms with Crippen LogP contribution in [0.15, 0.2) is 52.0 Å². The highest BCUT2D eigenvalue weighted by atomic mass is 32.2. The fourth-order valence-electron chi connectivity index (χ4n) is 4.87. The van der Waals surface area contributed by atoms with Crippen molar-refractivity contribution in [2.24, 2.45) is 5.92 Å². The van der Waals surface area contributed by atoms with Gasteiger partial charge in [0.05, 0.1) is 18.3 Å². The SMILES string of the molecule is CN(C)CCc1oncc1Cn1c(=O)c(C#CC2CC2)cc2cnc(Nc3ccc(C4CN(C)CCS4)cc3)nc21. The van der Waals surface area contributed by atoms with E-state index in [4.69, 9.17) is 9.51 Å². The Morgan fingerprint density at radius 3 is 2.78 bits per heavy atom. The Labute approximate surface area is 244 Å². The van der Waals surface area contributed by atoms with E-state index in [1.165, 1.54) is 5.56 Å². The van der Waals surface area contributed by atoms with Crippen LogP contribution in [0, 0.1) is 17.8 Å². The number of thioether (sulfide) groups is 1. The van der Waals surface area contributed by atoms with E-state index in [-0.39, 0.29) is 5.56 Å². The van der Waals surface area contributed by atoms with E-state index in [1.807, 2.05) is 31.9 Å². The average Bonchev–Trinajstić information content (AvgIpc) is 3.69. The van der Waals surface area contributed by atoms with Gasteiger partial charge in [-0.15, -0.1) is 0 Å². The minimum absolute atomic E-state index is 0.172. The van der Waals surface area contributed by atoms with Crippen molar-refractivity contribution < 1.29 is 4.52 Å². The predicted octanol–water partition coefficient (Wildman–Crippen LogP) is 4.16. The lowest BCUT2D eigenvalue weighted by Gasteiger charge is -2.29. The van der Waals surface area contributed by atoms with Gasteiger partial charge in [0.15, 0.2) is 0 Å². The third-order valence-corrected chi connectivity index (χ3v) is 8.71. The summed E-state index contributed by atoms with van der Waals surface area (Å²) in [6.45, 7) is 3.29. The molecule has 1 aliphatic carbocycles. The summed E-state index contributed by atoms with van der Waals surface area (Å²) in [7, 11) is 6.21. The summed E-state index contributed by atoms with van der Waals surface area (Å²) in [6.07, 6.45) is 6.34. The third-order valence-electron chi connectivity index (χ3n) is 7.47. The Balaban J connectivity index is 1.31. The first-order chi connectivity index (χ1) is 19.9. The Hall–Kier alpha value is -3.65. The summed E-state index contributed by atoms with van der Waals surface area (Å²) in [6, 6.07) is 10.3. The highest BCUT2D eigenvalue weighted by molar-refractivity contribution is 7.99. The van der Waals surface area contributed by atoms with Crippen molar-refractivity contribution in [2.75, 3.05) is 51.8 Å².